The summed E-state index contributed by atoms with van der Waals surface area (Å²) in [6.07, 6.45) is 20.8. The van der Waals surface area contributed by atoms with Crippen molar-refractivity contribution in [1.29, 1.82) is 0 Å². The van der Waals surface area contributed by atoms with E-state index in [1.807, 2.05) is 0 Å². The molecule has 1 unspecified atom stereocenters. The summed E-state index contributed by atoms with van der Waals surface area (Å²) < 4.78 is 10.7. The van der Waals surface area contributed by atoms with Crippen molar-refractivity contribution >= 4 is 5.97 Å². The zero-order valence-corrected chi connectivity index (χ0v) is 18.0. The largest absolute Gasteiger partial charge is 0.464 e. The molecule has 0 aromatic rings. The van der Waals surface area contributed by atoms with Gasteiger partial charge < -0.3 is 9.47 Å². The first-order chi connectivity index (χ1) is 12.8. The first-order valence-electron chi connectivity index (χ1n) is 11.5. The Morgan fingerprint density at radius 3 is 1.54 bits per heavy atom. The van der Waals surface area contributed by atoms with E-state index in [2.05, 4.69) is 13.8 Å². The van der Waals surface area contributed by atoms with Gasteiger partial charge in [-0.25, -0.2) is 4.79 Å². The molecule has 3 nitrogen and oxygen atoms in total. The van der Waals surface area contributed by atoms with Gasteiger partial charge in [-0.1, -0.05) is 110 Å². The van der Waals surface area contributed by atoms with Gasteiger partial charge in [0, 0.05) is 7.11 Å². The zero-order chi connectivity index (χ0) is 19.3. The van der Waals surface area contributed by atoms with Gasteiger partial charge in [-0.3, -0.25) is 0 Å². The Labute approximate surface area is 163 Å². The van der Waals surface area contributed by atoms with E-state index >= 15 is 0 Å². The monoisotopic (exact) mass is 370 g/mol. The van der Waals surface area contributed by atoms with Crippen molar-refractivity contribution in [3.8, 4) is 0 Å². The van der Waals surface area contributed by atoms with Gasteiger partial charge in [-0.15, -0.1) is 0 Å². The lowest BCUT2D eigenvalue weighted by Crippen LogP contribution is -2.25. The van der Waals surface area contributed by atoms with Crippen molar-refractivity contribution in [3.05, 3.63) is 0 Å². The second kappa shape index (κ2) is 20.7. The van der Waals surface area contributed by atoms with Crippen LogP contribution in [0, 0.1) is 0 Å². The molecule has 0 fully saturated rings. The lowest BCUT2D eigenvalue weighted by molar-refractivity contribution is -0.156. The number of hydrogen-bond acceptors (Lipinski definition) is 3. The highest BCUT2D eigenvalue weighted by Gasteiger charge is 2.18. The maximum absolute atomic E-state index is 12.1. The van der Waals surface area contributed by atoms with Gasteiger partial charge in [0.25, 0.3) is 0 Å². The summed E-state index contributed by atoms with van der Waals surface area (Å²) in [4.78, 5) is 12.1. The second-order valence-corrected chi connectivity index (χ2v) is 7.63. The van der Waals surface area contributed by atoms with Crippen LogP contribution >= 0.6 is 0 Å². The zero-order valence-electron chi connectivity index (χ0n) is 18.0. The smallest absolute Gasteiger partial charge is 0.335 e. The minimum absolute atomic E-state index is 0.169. The fourth-order valence-corrected chi connectivity index (χ4v) is 3.30. The number of carbonyl (C=O) groups excluding carboxylic acids is 1. The summed E-state index contributed by atoms with van der Waals surface area (Å²) in [6.45, 7) is 5.03. The highest BCUT2D eigenvalue weighted by atomic mass is 16.6. The third-order valence-corrected chi connectivity index (χ3v) is 5.11. The molecule has 1 atom stereocenters. The summed E-state index contributed by atoms with van der Waals surface area (Å²) >= 11 is 0. The maximum Gasteiger partial charge on any atom is 0.335 e. The molecular weight excluding hydrogens is 324 g/mol. The molecule has 0 N–H and O–H groups in total. The SMILES string of the molecule is CCCCCCCCCCCCC(OC)C(=O)OCCCCCCCC. The molecule has 0 aliphatic heterocycles. The van der Waals surface area contributed by atoms with Crippen molar-refractivity contribution in [2.75, 3.05) is 13.7 Å². The molecule has 0 aliphatic rings. The average Bonchev–Trinajstić information content (AvgIpc) is 2.65. The lowest BCUT2D eigenvalue weighted by Gasteiger charge is -2.14. The van der Waals surface area contributed by atoms with Crippen LogP contribution in [0.1, 0.15) is 123 Å². The van der Waals surface area contributed by atoms with Gasteiger partial charge in [0.2, 0.25) is 0 Å². The molecule has 0 amide bonds. The Morgan fingerprint density at radius 2 is 1.08 bits per heavy atom. The van der Waals surface area contributed by atoms with Crippen LogP contribution in [0.25, 0.3) is 0 Å². The summed E-state index contributed by atoms with van der Waals surface area (Å²) in [5, 5.41) is 0. The predicted octanol–water partition coefficient (Wildman–Crippen LogP) is 7.22. The Bertz CT molecular complexity index is 291. The molecule has 0 saturated carbocycles. The van der Waals surface area contributed by atoms with Crippen LogP contribution in [0.3, 0.4) is 0 Å². The summed E-state index contributed by atoms with van der Waals surface area (Å²) in [5.41, 5.74) is 0. The summed E-state index contributed by atoms with van der Waals surface area (Å²) in [7, 11) is 1.62. The molecule has 0 heterocycles. The minimum Gasteiger partial charge on any atom is -0.464 e. The molecule has 0 aliphatic carbocycles. The van der Waals surface area contributed by atoms with Crippen LogP contribution in [0.2, 0.25) is 0 Å². The number of hydrogen-bond donors (Lipinski definition) is 0. The van der Waals surface area contributed by atoms with Gasteiger partial charge in [0.1, 0.15) is 0 Å². The number of ether oxygens (including phenoxy) is 2. The Morgan fingerprint density at radius 1 is 0.654 bits per heavy atom. The Hall–Kier alpha value is -0.570. The summed E-state index contributed by atoms with van der Waals surface area (Å²) in [6, 6.07) is 0. The topological polar surface area (TPSA) is 35.5 Å². The number of esters is 1. The standard InChI is InChI=1S/C23H46O3/c1-4-6-8-10-12-13-14-15-16-18-20-22(25-3)23(24)26-21-19-17-11-9-7-5-2/h22H,4-21H2,1-3H3. The Kier molecular flexibility index (Phi) is 20.3. The van der Waals surface area contributed by atoms with Gasteiger partial charge >= 0.3 is 5.97 Å². The molecule has 0 radical (unpaired) electrons. The molecule has 0 aromatic carbocycles. The molecule has 156 valence electrons. The van der Waals surface area contributed by atoms with Gasteiger partial charge in [0.05, 0.1) is 6.61 Å². The van der Waals surface area contributed by atoms with E-state index in [-0.39, 0.29) is 12.1 Å². The van der Waals surface area contributed by atoms with E-state index in [0.717, 1.165) is 25.7 Å². The van der Waals surface area contributed by atoms with E-state index < -0.39 is 0 Å². The molecule has 0 aromatic heterocycles. The second-order valence-electron chi connectivity index (χ2n) is 7.63. The summed E-state index contributed by atoms with van der Waals surface area (Å²) in [5.74, 6) is -0.169. The van der Waals surface area contributed by atoms with Crippen LogP contribution in [0.15, 0.2) is 0 Å². The maximum atomic E-state index is 12.1. The number of methoxy groups -OCH3 is 1. The number of rotatable bonds is 20. The predicted molar refractivity (Wildman–Crippen MR) is 112 cm³/mol. The van der Waals surface area contributed by atoms with Crippen LogP contribution in [0.5, 0.6) is 0 Å². The minimum atomic E-state index is -0.371. The highest BCUT2D eigenvalue weighted by molar-refractivity contribution is 5.74. The van der Waals surface area contributed by atoms with Gasteiger partial charge in [0.15, 0.2) is 6.10 Å². The number of carbonyl (C=O) groups is 1. The molecule has 0 spiro atoms. The van der Waals surface area contributed by atoms with Crippen LogP contribution in [0.4, 0.5) is 0 Å². The normalized spacial score (nSPS) is 12.3. The first-order valence-corrected chi connectivity index (χ1v) is 11.5. The quantitative estimate of drug-likeness (QED) is 0.168. The van der Waals surface area contributed by atoms with Crippen LogP contribution in [-0.2, 0) is 14.3 Å². The molecule has 0 rings (SSSR count). The fourth-order valence-electron chi connectivity index (χ4n) is 3.30. The first kappa shape index (κ1) is 25.4. The Balaban J connectivity index is 3.49. The van der Waals surface area contributed by atoms with Gasteiger partial charge in [-0.2, -0.15) is 0 Å². The van der Waals surface area contributed by atoms with E-state index in [1.54, 1.807) is 7.11 Å². The van der Waals surface area contributed by atoms with Crippen molar-refractivity contribution < 1.29 is 14.3 Å². The van der Waals surface area contributed by atoms with E-state index in [9.17, 15) is 4.79 Å². The van der Waals surface area contributed by atoms with E-state index in [1.165, 1.54) is 83.5 Å². The third kappa shape index (κ3) is 16.9. The third-order valence-electron chi connectivity index (χ3n) is 5.11. The lowest BCUT2D eigenvalue weighted by atomic mass is 10.0. The van der Waals surface area contributed by atoms with Crippen LogP contribution in [-0.4, -0.2) is 25.8 Å². The fraction of sp³-hybridized carbons (Fsp3) is 0.957. The molecule has 0 saturated heterocycles. The highest BCUT2D eigenvalue weighted by Crippen LogP contribution is 2.13. The van der Waals surface area contributed by atoms with Crippen molar-refractivity contribution in [3.63, 3.8) is 0 Å². The molecule has 0 bridgehead atoms. The van der Waals surface area contributed by atoms with Crippen LogP contribution < -0.4 is 0 Å². The van der Waals surface area contributed by atoms with E-state index in [4.69, 9.17) is 9.47 Å². The molecule has 3 heteroatoms. The molecule has 26 heavy (non-hydrogen) atoms. The van der Waals surface area contributed by atoms with Crippen molar-refractivity contribution in [2.24, 2.45) is 0 Å². The van der Waals surface area contributed by atoms with Crippen molar-refractivity contribution in [2.45, 2.75) is 129 Å². The van der Waals surface area contributed by atoms with Crippen molar-refractivity contribution in [1.82, 2.24) is 0 Å². The van der Waals surface area contributed by atoms with Gasteiger partial charge in [-0.05, 0) is 12.8 Å². The average molecular weight is 371 g/mol. The number of unbranched alkanes of at least 4 members (excludes halogenated alkanes) is 14. The molecular formula is C23H46O3. The van der Waals surface area contributed by atoms with E-state index in [0.29, 0.717) is 6.61 Å².